The maximum Gasteiger partial charge on any atom is 0.500 e. The van der Waals surface area contributed by atoms with Crippen LogP contribution in [0.15, 0.2) is 0 Å². The van der Waals surface area contributed by atoms with Gasteiger partial charge < -0.3 is 18.0 Å². The normalized spacial score (nSPS) is 24.0. The van der Waals surface area contributed by atoms with Gasteiger partial charge in [-0.2, -0.15) is 0 Å². The van der Waals surface area contributed by atoms with Crippen LogP contribution >= 0.6 is 11.6 Å². The average molecular weight is 338 g/mol. The number of epoxide rings is 1. The molecule has 0 aromatic carbocycles. The van der Waals surface area contributed by atoms with Crippen molar-refractivity contribution in [2.24, 2.45) is 0 Å². The maximum absolute atomic E-state index is 5.66. The predicted octanol–water partition coefficient (Wildman–Crippen LogP) is 3.81. The van der Waals surface area contributed by atoms with Gasteiger partial charge in [-0.05, 0) is 46.5 Å². The van der Waals surface area contributed by atoms with Crippen LogP contribution in [0.25, 0.3) is 0 Å². The second-order valence-corrected chi connectivity index (χ2v) is 8.19. The van der Waals surface area contributed by atoms with E-state index >= 15 is 0 Å². The van der Waals surface area contributed by atoms with Crippen LogP contribution in [-0.2, 0) is 18.0 Å². The van der Waals surface area contributed by atoms with E-state index < -0.39 is 8.80 Å². The van der Waals surface area contributed by atoms with Gasteiger partial charge in [0.1, 0.15) is 0 Å². The molecule has 0 aromatic heterocycles. The first kappa shape index (κ1) is 19.4. The molecule has 6 heteroatoms. The van der Waals surface area contributed by atoms with Gasteiger partial charge >= 0.3 is 8.80 Å². The molecule has 2 unspecified atom stereocenters. The van der Waals surface area contributed by atoms with Crippen molar-refractivity contribution in [2.75, 3.05) is 25.7 Å². The number of hydrogen-bond donors (Lipinski definition) is 0. The maximum atomic E-state index is 5.66. The summed E-state index contributed by atoms with van der Waals surface area (Å²) in [6, 6.07) is 0.812. The van der Waals surface area contributed by atoms with Gasteiger partial charge in [-0.3, -0.25) is 0 Å². The van der Waals surface area contributed by atoms with Gasteiger partial charge in [-0.1, -0.05) is 6.42 Å². The molecule has 2 rings (SSSR count). The van der Waals surface area contributed by atoms with E-state index in [-0.39, 0.29) is 0 Å². The minimum Gasteiger partial charge on any atom is -0.374 e. The van der Waals surface area contributed by atoms with E-state index in [1.165, 1.54) is 19.3 Å². The van der Waals surface area contributed by atoms with Crippen molar-refractivity contribution >= 4 is 20.4 Å². The lowest BCUT2D eigenvalue weighted by molar-refractivity contribution is 0.0712. The van der Waals surface area contributed by atoms with Crippen molar-refractivity contribution in [3.8, 4) is 0 Å². The molecule has 1 radical (unpaired) electrons. The van der Waals surface area contributed by atoms with Crippen molar-refractivity contribution in [1.82, 2.24) is 0 Å². The number of alkyl halides is 1. The van der Waals surface area contributed by atoms with E-state index in [2.05, 4.69) is 6.42 Å². The molecule has 21 heavy (non-hydrogen) atoms. The lowest BCUT2D eigenvalue weighted by Crippen LogP contribution is -2.46. The summed E-state index contributed by atoms with van der Waals surface area (Å²) in [6.07, 6.45) is 8.33. The van der Waals surface area contributed by atoms with Crippen molar-refractivity contribution in [3.05, 3.63) is 6.42 Å². The van der Waals surface area contributed by atoms with Crippen molar-refractivity contribution in [3.63, 3.8) is 0 Å². The molecule has 0 aromatic rings. The molecule has 2 aliphatic rings. The highest BCUT2D eigenvalue weighted by Crippen LogP contribution is 2.35. The molecular formula is C15H30ClO4Si. The Labute approximate surface area is 135 Å². The van der Waals surface area contributed by atoms with Gasteiger partial charge in [-0.25, -0.2) is 0 Å². The van der Waals surface area contributed by atoms with Gasteiger partial charge in [0, 0.05) is 31.7 Å². The van der Waals surface area contributed by atoms with Crippen LogP contribution in [0.5, 0.6) is 0 Å². The molecule has 4 nitrogen and oxygen atoms in total. The fourth-order valence-corrected chi connectivity index (χ4v) is 5.45. The van der Waals surface area contributed by atoms with Gasteiger partial charge in [0.25, 0.3) is 0 Å². The van der Waals surface area contributed by atoms with Crippen LogP contribution in [0.1, 0.15) is 46.5 Å². The molecule has 1 saturated heterocycles. The van der Waals surface area contributed by atoms with Crippen LogP contribution in [0.3, 0.4) is 0 Å². The Kier molecular flexibility index (Phi) is 10.1. The number of rotatable bonds is 9. The van der Waals surface area contributed by atoms with Gasteiger partial charge in [0.15, 0.2) is 0 Å². The highest BCUT2D eigenvalue weighted by molar-refractivity contribution is 6.60. The second kappa shape index (κ2) is 11.0. The molecule has 1 heterocycles. The Hall–Kier alpha value is 0.347. The van der Waals surface area contributed by atoms with E-state index in [4.69, 9.17) is 29.6 Å². The van der Waals surface area contributed by atoms with E-state index in [9.17, 15) is 0 Å². The van der Waals surface area contributed by atoms with E-state index in [0.717, 1.165) is 12.5 Å². The SMILES string of the molecule is CCO[Si](CCCCl)(OCC)OCC.[CH]1CCCC2OC12. The molecule has 2 fully saturated rings. The van der Waals surface area contributed by atoms with Crippen molar-refractivity contribution in [1.29, 1.82) is 0 Å². The van der Waals surface area contributed by atoms with Gasteiger partial charge in [0.05, 0.1) is 12.2 Å². The summed E-state index contributed by atoms with van der Waals surface area (Å²) in [6.45, 7) is 7.78. The summed E-state index contributed by atoms with van der Waals surface area (Å²) in [4.78, 5) is 0. The Balaban J connectivity index is 0.000000255. The Bertz CT molecular complexity index is 241. The smallest absolute Gasteiger partial charge is 0.374 e. The van der Waals surface area contributed by atoms with Crippen LogP contribution in [0.2, 0.25) is 6.04 Å². The molecule has 1 aliphatic heterocycles. The van der Waals surface area contributed by atoms with Gasteiger partial charge in [0.2, 0.25) is 0 Å². The summed E-state index contributed by atoms with van der Waals surface area (Å²) in [7, 11) is -2.40. The zero-order valence-electron chi connectivity index (χ0n) is 13.6. The predicted molar refractivity (Wildman–Crippen MR) is 87.6 cm³/mol. The fraction of sp³-hybridized carbons (Fsp3) is 0.933. The lowest BCUT2D eigenvalue weighted by atomic mass is 10.0. The van der Waals surface area contributed by atoms with E-state index in [0.29, 0.717) is 37.9 Å². The molecule has 125 valence electrons. The summed E-state index contributed by atoms with van der Waals surface area (Å²) >= 11 is 5.66. The quantitative estimate of drug-likeness (QED) is 0.364. The minimum atomic E-state index is -2.40. The van der Waals surface area contributed by atoms with Crippen LogP contribution in [0.4, 0.5) is 0 Å². The number of fused-ring (bicyclic) bond motifs is 1. The summed E-state index contributed by atoms with van der Waals surface area (Å²) in [5.41, 5.74) is 0. The van der Waals surface area contributed by atoms with E-state index in [1.807, 2.05) is 20.8 Å². The molecule has 2 atom stereocenters. The topological polar surface area (TPSA) is 40.2 Å². The van der Waals surface area contributed by atoms with E-state index in [1.54, 1.807) is 0 Å². The monoisotopic (exact) mass is 337 g/mol. The second-order valence-electron chi connectivity index (χ2n) is 5.08. The first-order chi connectivity index (χ1) is 10.2. The Morgan fingerprint density at radius 1 is 1.14 bits per heavy atom. The van der Waals surface area contributed by atoms with Gasteiger partial charge in [-0.15, -0.1) is 11.6 Å². The highest BCUT2D eigenvalue weighted by atomic mass is 35.5. The molecule has 1 saturated carbocycles. The molecule has 0 N–H and O–H groups in total. The number of hydrogen-bond acceptors (Lipinski definition) is 4. The molecule has 0 amide bonds. The third-order valence-electron chi connectivity index (χ3n) is 3.42. The average Bonchev–Trinajstić information content (AvgIpc) is 3.26. The largest absolute Gasteiger partial charge is 0.500 e. The summed E-state index contributed by atoms with van der Waals surface area (Å²) < 4.78 is 22.2. The lowest BCUT2D eigenvalue weighted by Gasteiger charge is -2.28. The Morgan fingerprint density at radius 3 is 2.14 bits per heavy atom. The van der Waals surface area contributed by atoms with Crippen LogP contribution < -0.4 is 0 Å². The number of halogens is 1. The zero-order valence-corrected chi connectivity index (χ0v) is 15.4. The first-order valence-electron chi connectivity index (χ1n) is 8.18. The molecule has 0 bridgehead atoms. The molecular weight excluding hydrogens is 308 g/mol. The third-order valence-corrected chi connectivity index (χ3v) is 6.84. The molecule has 0 spiro atoms. The van der Waals surface area contributed by atoms with Crippen LogP contribution in [0, 0.1) is 6.42 Å². The fourth-order valence-electron chi connectivity index (χ4n) is 2.48. The highest BCUT2D eigenvalue weighted by Gasteiger charge is 2.40. The summed E-state index contributed by atoms with van der Waals surface area (Å²) in [5, 5.41) is 0. The standard InChI is InChI=1S/C9H21ClO3Si.C6H9O/c1-4-11-14(12-5-2,13-6-3)9-7-8-10;1-2-4-6-5(3-1)7-6/h4-9H2,1-3H3;3,5-6H,1-2,4H2. The zero-order chi connectivity index (χ0) is 15.6. The van der Waals surface area contributed by atoms with Crippen LogP contribution in [-0.4, -0.2) is 46.7 Å². The first-order valence-corrected chi connectivity index (χ1v) is 10.6. The Morgan fingerprint density at radius 2 is 1.76 bits per heavy atom. The summed E-state index contributed by atoms with van der Waals surface area (Å²) in [5.74, 6) is 0.627. The number of ether oxygens (including phenoxy) is 1. The van der Waals surface area contributed by atoms with Crippen molar-refractivity contribution in [2.45, 2.75) is 64.7 Å². The molecule has 1 aliphatic carbocycles. The third kappa shape index (κ3) is 7.44. The minimum absolute atomic E-state index is 0.578. The van der Waals surface area contributed by atoms with Crippen molar-refractivity contribution < 1.29 is 18.0 Å².